The lowest BCUT2D eigenvalue weighted by atomic mass is 10.3. The number of carbonyl (C=O) groups is 2. The van der Waals surface area contributed by atoms with Crippen molar-refractivity contribution in [2.24, 2.45) is 0 Å². The highest BCUT2D eigenvalue weighted by molar-refractivity contribution is 5.74. The second-order valence-corrected chi connectivity index (χ2v) is 3.07. The van der Waals surface area contributed by atoms with Crippen molar-refractivity contribution in [2.45, 2.75) is 0 Å². The van der Waals surface area contributed by atoms with Crippen molar-refractivity contribution in [2.75, 3.05) is 23.7 Å². The number of benzene rings is 1. The van der Waals surface area contributed by atoms with E-state index in [2.05, 4.69) is 10.6 Å². The molecule has 0 unspecified atom stereocenters. The quantitative estimate of drug-likeness (QED) is 0.567. The van der Waals surface area contributed by atoms with Crippen molar-refractivity contribution >= 4 is 23.3 Å². The summed E-state index contributed by atoms with van der Waals surface area (Å²) >= 11 is 0. The summed E-state index contributed by atoms with van der Waals surface area (Å²) < 4.78 is 0. The highest BCUT2D eigenvalue weighted by atomic mass is 16.4. The monoisotopic (exact) mass is 224 g/mol. The van der Waals surface area contributed by atoms with E-state index in [1.54, 1.807) is 24.3 Å². The zero-order valence-electron chi connectivity index (χ0n) is 8.43. The average molecular weight is 224 g/mol. The molecule has 0 saturated carbocycles. The zero-order valence-corrected chi connectivity index (χ0v) is 8.43. The van der Waals surface area contributed by atoms with E-state index in [1.807, 2.05) is 0 Å². The fraction of sp³-hybridized carbons (Fsp3) is 0.200. The molecule has 0 saturated heterocycles. The van der Waals surface area contributed by atoms with Crippen LogP contribution in [0.15, 0.2) is 24.3 Å². The first kappa shape index (κ1) is 11.8. The van der Waals surface area contributed by atoms with Crippen LogP contribution < -0.4 is 10.6 Å². The summed E-state index contributed by atoms with van der Waals surface area (Å²) in [4.78, 5) is 20.6. The van der Waals surface area contributed by atoms with Crippen LogP contribution in [0.25, 0.3) is 0 Å². The molecule has 0 aliphatic rings. The number of aliphatic carboxylic acids is 2. The molecule has 0 spiro atoms. The molecule has 0 heterocycles. The smallest absolute Gasteiger partial charge is 0.322 e. The number of hydrogen-bond acceptors (Lipinski definition) is 4. The SMILES string of the molecule is O=C(O)CNc1ccc(NCC(=O)O)cc1. The van der Waals surface area contributed by atoms with Gasteiger partial charge in [-0.15, -0.1) is 0 Å². The molecule has 6 heteroatoms. The Labute approximate surface area is 91.9 Å². The second-order valence-electron chi connectivity index (χ2n) is 3.07. The van der Waals surface area contributed by atoms with Gasteiger partial charge < -0.3 is 20.8 Å². The van der Waals surface area contributed by atoms with E-state index in [1.165, 1.54) is 0 Å². The van der Waals surface area contributed by atoms with Gasteiger partial charge in [0.05, 0.1) is 0 Å². The molecule has 0 amide bonds. The maximum absolute atomic E-state index is 10.3. The number of rotatable bonds is 6. The molecular weight excluding hydrogens is 212 g/mol. The van der Waals surface area contributed by atoms with Gasteiger partial charge in [0.25, 0.3) is 0 Å². The Kier molecular flexibility index (Phi) is 4.14. The first-order chi connectivity index (χ1) is 7.58. The van der Waals surface area contributed by atoms with E-state index in [4.69, 9.17) is 10.2 Å². The van der Waals surface area contributed by atoms with Crippen LogP contribution in [0.1, 0.15) is 0 Å². The molecule has 6 nitrogen and oxygen atoms in total. The van der Waals surface area contributed by atoms with Crippen LogP contribution in [-0.4, -0.2) is 35.2 Å². The van der Waals surface area contributed by atoms with Crippen LogP contribution in [0.4, 0.5) is 11.4 Å². The van der Waals surface area contributed by atoms with Gasteiger partial charge in [0.2, 0.25) is 0 Å². The third-order valence-electron chi connectivity index (χ3n) is 1.77. The third kappa shape index (κ3) is 4.32. The fourth-order valence-electron chi connectivity index (χ4n) is 1.06. The van der Waals surface area contributed by atoms with Crippen LogP contribution in [0, 0.1) is 0 Å². The highest BCUT2D eigenvalue weighted by Crippen LogP contribution is 2.12. The summed E-state index contributed by atoms with van der Waals surface area (Å²) in [5.41, 5.74) is 1.34. The van der Waals surface area contributed by atoms with Gasteiger partial charge in [-0.05, 0) is 24.3 Å². The summed E-state index contributed by atoms with van der Waals surface area (Å²) in [6, 6.07) is 6.69. The van der Waals surface area contributed by atoms with Crippen molar-refractivity contribution in [3.8, 4) is 0 Å². The molecule has 0 fully saturated rings. The Hall–Kier alpha value is -2.24. The summed E-state index contributed by atoms with van der Waals surface area (Å²) in [5.74, 6) is -1.87. The van der Waals surface area contributed by atoms with Crippen LogP contribution in [0.3, 0.4) is 0 Å². The van der Waals surface area contributed by atoms with E-state index in [0.29, 0.717) is 11.4 Å². The first-order valence-electron chi connectivity index (χ1n) is 4.59. The van der Waals surface area contributed by atoms with Gasteiger partial charge in [-0.25, -0.2) is 0 Å². The molecule has 4 N–H and O–H groups in total. The minimum absolute atomic E-state index is 0.151. The lowest BCUT2D eigenvalue weighted by molar-refractivity contribution is -0.135. The minimum Gasteiger partial charge on any atom is -0.480 e. The molecular formula is C10H12N2O4. The van der Waals surface area contributed by atoms with E-state index in [9.17, 15) is 9.59 Å². The Bertz CT molecular complexity index is 338. The molecule has 1 aromatic carbocycles. The number of nitrogens with one attached hydrogen (secondary N) is 2. The normalized spacial score (nSPS) is 9.50. The van der Waals surface area contributed by atoms with Gasteiger partial charge in [0.1, 0.15) is 13.1 Å². The van der Waals surface area contributed by atoms with Crippen LogP contribution >= 0.6 is 0 Å². The number of carboxylic acid groups (broad SMARTS) is 2. The average Bonchev–Trinajstić information content (AvgIpc) is 2.25. The molecule has 0 aliphatic heterocycles. The van der Waals surface area contributed by atoms with Gasteiger partial charge in [-0.3, -0.25) is 9.59 Å². The standard InChI is InChI=1S/C10H12N2O4/c13-9(14)5-11-7-1-2-8(4-3-7)12-6-10(15)16/h1-4,11-12H,5-6H2,(H,13,14)(H,15,16). The van der Waals surface area contributed by atoms with Crippen LogP contribution in [-0.2, 0) is 9.59 Å². The predicted molar refractivity (Wildman–Crippen MR) is 58.7 cm³/mol. The maximum atomic E-state index is 10.3. The Morgan fingerprint density at radius 2 is 1.19 bits per heavy atom. The summed E-state index contributed by atoms with van der Waals surface area (Å²) in [6.07, 6.45) is 0. The number of hydrogen-bond donors (Lipinski definition) is 4. The Balaban J connectivity index is 2.47. The van der Waals surface area contributed by atoms with Crippen molar-refractivity contribution in [1.29, 1.82) is 0 Å². The summed E-state index contributed by atoms with van der Waals surface area (Å²) in [6.45, 7) is -0.302. The van der Waals surface area contributed by atoms with E-state index in [0.717, 1.165) is 0 Å². The molecule has 0 aliphatic carbocycles. The van der Waals surface area contributed by atoms with Crippen molar-refractivity contribution in [3.05, 3.63) is 24.3 Å². The van der Waals surface area contributed by atoms with E-state index < -0.39 is 11.9 Å². The number of carboxylic acids is 2. The second kappa shape index (κ2) is 5.59. The summed E-state index contributed by atoms with van der Waals surface area (Å²) in [7, 11) is 0. The minimum atomic E-state index is -0.937. The van der Waals surface area contributed by atoms with Crippen molar-refractivity contribution in [1.82, 2.24) is 0 Å². The molecule has 1 rings (SSSR count). The van der Waals surface area contributed by atoms with Gasteiger partial charge in [-0.2, -0.15) is 0 Å². The fourth-order valence-corrected chi connectivity index (χ4v) is 1.06. The number of anilines is 2. The molecule has 0 aromatic heterocycles. The largest absolute Gasteiger partial charge is 0.480 e. The van der Waals surface area contributed by atoms with E-state index >= 15 is 0 Å². The van der Waals surface area contributed by atoms with Gasteiger partial charge in [-0.1, -0.05) is 0 Å². The van der Waals surface area contributed by atoms with Crippen molar-refractivity contribution < 1.29 is 19.8 Å². The molecule has 1 aromatic rings. The lowest BCUT2D eigenvalue weighted by Crippen LogP contribution is -2.13. The van der Waals surface area contributed by atoms with Crippen molar-refractivity contribution in [3.63, 3.8) is 0 Å². The third-order valence-corrected chi connectivity index (χ3v) is 1.77. The first-order valence-corrected chi connectivity index (χ1v) is 4.59. The molecule has 16 heavy (non-hydrogen) atoms. The molecule has 0 atom stereocenters. The maximum Gasteiger partial charge on any atom is 0.322 e. The Morgan fingerprint density at radius 3 is 1.44 bits per heavy atom. The topological polar surface area (TPSA) is 98.7 Å². The zero-order chi connectivity index (χ0) is 12.0. The molecule has 0 bridgehead atoms. The highest BCUT2D eigenvalue weighted by Gasteiger charge is 1.99. The van der Waals surface area contributed by atoms with Gasteiger partial charge in [0, 0.05) is 11.4 Å². The Morgan fingerprint density at radius 1 is 0.875 bits per heavy atom. The van der Waals surface area contributed by atoms with Crippen LogP contribution in [0.5, 0.6) is 0 Å². The lowest BCUT2D eigenvalue weighted by Gasteiger charge is -2.06. The summed E-state index contributed by atoms with van der Waals surface area (Å²) in [5, 5.41) is 22.3. The van der Waals surface area contributed by atoms with Gasteiger partial charge >= 0.3 is 11.9 Å². The molecule has 86 valence electrons. The van der Waals surface area contributed by atoms with Gasteiger partial charge in [0.15, 0.2) is 0 Å². The van der Waals surface area contributed by atoms with E-state index in [-0.39, 0.29) is 13.1 Å². The molecule has 0 radical (unpaired) electrons. The van der Waals surface area contributed by atoms with Crippen LogP contribution in [0.2, 0.25) is 0 Å². The predicted octanol–water partition coefficient (Wildman–Crippen LogP) is 0.680.